The molecule has 0 aliphatic heterocycles. The lowest BCUT2D eigenvalue weighted by Gasteiger charge is -2.25. The highest BCUT2D eigenvalue weighted by Crippen LogP contribution is 2.42. The monoisotopic (exact) mass is 258 g/mol. The van der Waals surface area contributed by atoms with Gasteiger partial charge in [0.1, 0.15) is 5.82 Å². The van der Waals surface area contributed by atoms with Crippen LogP contribution in [0, 0.1) is 29.0 Å². The Kier molecular flexibility index (Phi) is 3.52. The number of halogens is 1. The summed E-state index contributed by atoms with van der Waals surface area (Å²) in [7, 11) is 0. The molecule has 1 N–H and O–H groups in total. The normalized spacial score (nSPS) is 28.0. The van der Waals surface area contributed by atoms with Crippen molar-refractivity contribution in [2.24, 2.45) is 11.8 Å². The third-order valence-corrected chi connectivity index (χ3v) is 4.40. The smallest absolute Gasteiger partial charge is 0.123 e. The minimum Gasteiger partial charge on any atom is -0.306 e. The molecule has 2 fully saturated rings. The molecule has 1 aromatic carbocycles. The molecule has 0 bridgehead atoms. The van der Waals surface area contributed by atoms with Gasteiger partial charge in [-0.1, -0.05) is 18.6 Å². The molecule has 3 heteroatoms. The van der Waals surface area contributed by atoms with E-state index in [0.717, 1.165) is 24.8 Å². The second kappa shape index (κ2) is 5.30. The van der Waals surface area contributed by atoms with Crippen LogP contribution < -0.4 is 5.32 Å². The van der Waals surface area contributed by atoms with E-state index in [1.54, 1.807) is 0 Å². The lowest BCUT2D eigenvalue weighted by atomic mass is 9.98. The first-order chi connectivity index (χ1) is 9.28. The predicted octanol–water partition coefficient (Wildman–Crippen LogP) is 3.56. The van der Waals surface area contributed by atoms with Crippen LogP contribution in [0.3, 0.4) is 0 Å². The Bertz CT molecular complexity index is 473. The molecule has 2 nitrogen and oxygen atoms in total. The molecule has 0 radical (unpaired) electrons. The van der Waals surface area contributed by atoms with Crippen molar-refractivity contribution in [3.63, 3.8) is 0 Å². The van der Waals surface area contributed by atoms with Crippen molar-refractivity contribution in [3.05, 3.63) is 35.6 Å². The third kappa shape index (κ3) is 2.79. The number of hydrogen-bond donors (Lipinski definition) is 1. The molecule has 100 valence electrons. The van der Waals surface area contributed by atoms with Gasteiger partial charge in [0.05, 0.1) is 12.0 Å². The van der Waals surface area contributed by atoms with Gasteiger partial charge in [-0.25, -0.2) is 4.39 Å². The van der Waals surface area contributed by atoms with Gasteiger partial charge in [-0.2, -0.15) is 5.26 Å². The van der Waals surface area contributed by atoms with Gasteiger partial charge in [-0.15, -0.1) is 0 Å². The highest BCUT2D eigenvalue weighted by Gasteiger charge is 2.36. The van der Waals surface area contributed by atoms with E-state index in [-0.39, 0.29) is 11.7 Å². The van der Waals surface area contributed by atoms with Gasteiger partial charge in [0.25, 0.3) is 0 Å². The molecule has 2 aliphatic rings. The number of benzene rings is 1. The van der Waals surface area contributed by atoms with Crippen LogP contribution >= 0.6 is 0 Å². The Labute approximate surface area is 113 Å². The van der Waals surface area contributed by atoms with E-state index in [1.165, 1.54) is 25.0 Å². The van der Waals surface area contributed by atoms with E-state index >= 15 is 0 Å². The van der Waals surface area contributed by atoms with Gasteiger partial charge in [0.15, 0.2) is 0 Å². The van der Waals surface area contributed by atoms with Crippen molar-refractivity contribution >= 4 is 0 Å². The van der Waals surface area contributed by atoms with Crippen molar-refractivity contribution < 1.29 is 4.39 Å². The first kappa shape index (κ1) is 12.6. The van der Waals surface area contributed by atoms with Crippen molar-refractivity contribution in [1.29, 1.82) is 5.26 Å². The predicted molar refractivity (Wildman–Crippen MR) is 71.7 cm³/mol. The molecule has 19 heavy (non-hydrogen) atoms. The third-order valence-electron chi connectivity index (χ3n) is 4.40. The standard InChI is InChI=1S/C16H19FN2/c17-14-8-6-12(7-9-14)16(11-4-5-11)19-15-3-1-2-13(15)10-18/h6-9,11,13,15-16,19H,1-5H2. The van der Waals surface area contributed by atoms with E-state index in [1.807, 2.05) is 12.1 Å². The summed E-state index contributed by atoms with van der Waals surface area (Å²) in [6.45, 7) is 0. The number of rotatable bonds is 4. The Morgan fingerprint density at radius 2 is 1.89 bits per heavy atom. The van der Waals surface area contributed by atoms with Gasteiger partial charge in [-0.3, -0.25) is 0 Å². The Morgan fingerprint density at radius 1 is 1.16 bits per heavy atom. The second-order valence-electron chi connectivity index (χ2n) is 5.81. The Hall–Kier alpha value is -1.40. The van der Waals surface area contributed by atoms with Gasteiger partial charge in [0, 0.05) is 12.1 Å². The van der Waals surface area contributed by atoms with Crippen LogP contribution in [0.25, 0.3) is 0 Å². The van der Waals surface area contributed by atoms with Crippen LogP contribution in [0.4, 0.5) is 4.39 Å². The molecular formula is C16H19FN2. The molecule has 1 aromatic rings. The van der Waals surface area contributed by atoms with Crippen LogP contribution in [-0.4, -0.2) is 6.04 Å². The van der Waals surface area contributed by atoms with Gasteiger partial charge in [-0.05, 0) is 49.3 Å². The molecule has 0 spiro atoms. The van der Waals surface area contributed by atoms with E-state index in [2.05, 4.69) is 11.4 Å². The SMILES string of the molecule is N#CC1CCCC1NC(c1ccc(F)cc1)C1CC1. The molecule has 0 aromatic heterocycles. The summed E-state index contributed by atoms with van der Waals surface area (Å²) in [4.78, 5) is 0. The molecular weight excluding hydrogens is 239 g/mol. The Morgan fingerprint density at radius 3 is 2.53 bits per heavy atom. The molecule has 2 aliphatic carbocycles. The Balaban J connectivity index is 1.74. The van der Waals surface area contributed by atoms with Crippen LogP contribution in [-0.2, 0) is 0 Å². The average Bonchev–Trinajstić information content (AvgIpc) is 3.17. The summed E-state index contributed by atoms with van der Waals surface area (Å²) in [6, 6.07) is 9.83. The number of nitrogens with one attached hydrogen (secondary N) is 1. The van der Waals surface area contributed by atoms with Gasteiger partial charge < -0.3 is 5.32 Å². The first-order valence-electron chi connectivity index (χ1n) is 7.19. The molecule has 2 saturated carbocycles. The highest BCUT2D eigenvalue weighted by molar-refractivity contribution is 5.22. The first-order valence-corrected chi connectivity index (χ1v) is 7.19. The van der Waals surface area contributed by atoms with Crippen molar-refractivity contribution in [2.45, 2.75) is 44.2 Å². The molecule has 3 atom stereocenters. The van der Waals surface area contributed by atoms with E-state index < -0.39 is 0 Å². The summed E-state index contributed by atoms with van der Waals surface area (Å²) in [6.07, 6.45) is 5.70. The van der Waals surface area contributed by atoms with E-state index in [4.69, 9.17) is 0 Å². The highest BCUT2D eigenvalue weighted by atomic mass is 19.1. The fraction of sp³-hybridized carbons (Fsp3) is 0.562. The number of nitrogens with zero attached hydrogens (tertiary/aromatic N) is 1. The van der Waals surface area contributed by atoms with Crippen LogP contribution in [0.5, 0.6) is 0 Å². The number of hydrogen-bond acceptors (Lipinski definition) is 2. The fourth-order valence-electron chi connectivity index (χ4n) is 3.15. The minimum atomic E-state index is -0.186. The van der Waals surface area contributed by atoms with Crippen molar-refractivity contribution in [3.8, 4) is 6.07 Å². The zero-order chi connectivity index (χ0) is 13.2. The molecule has 3 rings (SSSR count). The zero-order valence-electron chi connectivity index (χ0n) is 11.0. The molecule has 0 saturated heterocycles. The summed E-state index contributed by atoms with van der Waals surface area (Å²) >= 11 is 0. The molecule has 3 unspecified atom stereocenters. The maximum atomic E-state index is 13.0. The van der Waals surface area contributed by atoms with Crippen LogP contribution in [0.2, 0.25) is 0 Å². The fourth-order valence-corrected chi connectivity index (χ4v) is 3.15. The summed E-state index contributed by atoms with van der Waals surface area (Å²) in [5.74, 6) is 0.612. The average molecular weight is 258 g/mol. The van der Waals surface area contributed by atoms with E-state index in [0.29, 0.717) is 18.0 Å². The molecule has 0 heterocycles. The summed E-state index contributed by atoms with van der Waals surface area (Å²) < 4.78 is 13.0. The molecule has 0 amide bonds. The maximum absolute atomic E-state index is 13.0. The van der Waals surface area contributed by atoms with E-state index in [9.17, 15) is 9.65 Å². The second-order valence-corrected chi connectivity index (χ2v) is 5.81. The van der Waals surface area contributed by atoms with Gasteiger partial charge >= 0.3 is 0 Å². The topological polar surface area (TPSA) is 35.8 Å². The van der Waals surface area contributed by atoms with Crippen LogP contribution in [0.1, 0.15) is 43.7 Å². The lowest BCUT2D eigenvalue weighted by Crippen LogP contribution is -2.36. The largest absolute Gasteiger partial charge is 0.306 e. The lowest BCUT2D eigenvalue weighted by molar-refractivity contribution is 0.375. The summed E-state index contributed by atoms with van der Waals surface area (Å²) in [5, 5.41) is 12.8. The zero-order valence-corrected chi connectivity index (χ0v) is 11.0. The van der Waals surface area contributed by atoms with Gasteiger partial charge in [0.2, 0.25) is 0 Å². The maximum Gasteiger partial charge on any atom is 0.123 e. The summed E-state index contributed by atoms with van der Waals surface area (Å²) in [5.41, 5.74) is 1.16. The van der Waals surface area contributed by atoms with Crippen LogP contribution in [0.15, 0.2) is 24.3 Å². The van der Waals surface area contributed by atoms with Crippen molar-refractivity contribution in [2.75, 3.05) is 0 Å². The quantitative estimate of drug-likeness (QED) is 0.896. The number of nitriles is 1. The van der Waals surface area contributed by atoms with Crippen molar-refractivity contribution in [1.82, 2.24) is 5.32 Å². The minimum absolute atomic E-state index is 0.140.